The maximum atomic E-state index is 13.2. The Balaban J connectivity index is 1.37. The number of benzene rings is 1. The van der Waals surface area contributed by atoms with E-state index < -0.39 is 12.1 Å². The van der Waals surface area contributed by atoms with Crippen molar-refractivity contribution < 1.29 is 43.1 Å². The molecule has 6 atom stereocenters. The molecule has 0 aromatic heterocycles. The third-order valence-electron chi connectivity index (χ3n) is 7.43. The highest BCUT2D eigenvalue weighted by Crippen LogP contribution is 2.34. The van der Waals surface area contributed by atoms with E-state index in [1.54, 1.807) is 11.8 Å². The van der Waals surface area contributed by atoms with Gasteiger partial charge in [0, 0.05) is 32.0 Å². The van der Waals surface area contributed by atoms with E-state index >= 15 is 0 Å². The fourth-order valence-corrected chi connectivity index (χ4v) is 6.29. The smallest absolute Gasteiger partial charge is 0.303 e. The molecule has 9 nitrogen and oxygen atoms in total. The zero-order valence-corrected chi connectivity index (χ0v) is 24.1. The number of ketones is 1. The van der Waals surface area contributed by atoms with E-state index in [9.17, 15) is 9.59 Å². The van der Waals surface area contributed by atoms with Gasteiger partial charge >= 0.3 is 5.97 Å². The summed E-state index contributed by atoms with van der Waals surface area (Å²) in [5.74, 6) is 1.34. The number of aliphatic carboxylic acids is 1. The maximum Gasteiger partial charge on any atom is 0.303 e. The number of carbonyl (C=O) groups excluding carboxylic acids is 1. The Morgan fingerprint density at radius 2 is 1.75 bits per heavy atom. The van der Waals surface area contributed by atoms with Crippen LogP contribution in [0.1, 0.15) is 64.2 Å². The third-order valence-corrected chi connectivity index (χ3v) is 8.53. The van der Waals surface area contributed by atoms with Gasteiger partial charge in [0.2, 0.25) is 0 Å². The van der Waals surface area contributed by atoms with Crippen molar-refractivity contribution in [3.05, 3.63) is 30.3 Å². The molecule has 2 heterocycles. The first-order valence-electron chi connectivity index (χ1n) is 14.7. The van der Waals surface area contributed by atoms with Gasteiger partial charge in [-0.05, 0) is 75.0 Å². The van der Waals surface area contributed by atoms with Crippen LogP contribution in [0.2, 0.25) is 0 Å². The van der Waals surface area contributed by atoms with Gasteiger partial charge in [-0.3, -0.25) is 9.59 Å². The van der Waals surface area contributed by atoms with Crippen LogP contribution in [0.3, 0.4) is 0 Å². The number of thioether (sulfide) groups is 1. The van der Waals surface area contributed by atoms with Crippen molar-refractivity contribution in [3.63, 3.8) is 0 Å². The molecule has 0 spiro atoms. The van der Waals surface area contributed by atoms with E-state index in [1.165, 1.54) is 0 Å². The van der Waals surface area contributed by atoms with Crippen LogP contribution in [0.25, 0.3) is 0 Å². The molecular formula is C30H44O9S. The average molecular weight is 581 g/mol. The van der Waals surface area contributed by atoms with Crippen LogP contribution in [-0.2, 0) is 33.3 Å². The molecule has 0 bridgehead atoms. The van der Waals surface area contributed by atoms with Crippen LogP contribution < -0.4 is 4.74 Å². The third kappa shape index (κ3) is 10.6. The van der Waals surface area contributed by atoms with Crippen molar-refractivity contribution in [3.8, 4) is 5.75 Å². The van der Waals surface area contributed by atoms with E-state index in [0.29, 0.717) is 39.1 Å². The topological polar surface area (TPSA) is 110 Å². The number of Topliss-reactive ketones (excluding diaryl/α,β-unsaturated/α-hetero) is 1. The van der Waals surface area contributed by atoms with Crippen molar-refractivity contribution >= 4 is 23.5 Å². The predicted octanol–water partition coefficient (Wildman–Crippen LogP) is 4.85. The van der Waals surface area contributed by atoms with Crippen LogP contribution in [0.15, 0.2) is 30.3 Å². The van der Waals surface area contributed by atoms with Crippen LogP contribution in [-0.4, -0.2) is 85.7 Å². The minimum atomic E-state index is -0.781. The van der Waals surface area contributed by atoms with Crippen LogP contribution >= 0.6 is 11.8 Å². The zero-order chi connectivity index (χ0) is 28.0. The number of carboxylic acids is 1. The van der Waals surface area contributed by atoms with Crippen molar-refractivity contribution in [2.45, 2.75) is 95.1 Å². The Bertz CT molecular complexity index is 873. The monoisotopic (exact) mass is 580 g/mol. The van der Waals surface area contributed by atoms with Crippen molar-refractivity contribution in [2.75, 3.05) is 37.9 Å². The van der Waals surface area contributed by atoms with Gasteiger partial charge in [-0.1, -0.05) is 18.2 Å². The molecule has 6 unspecified atom stereocenters. The van der Waals surface area contributed by atoms with Crippen LogP contribution in [0.5, 0.6) is 5.75 Å². The number of hydrogen-bond donors (Lipinski definition) is 1. The molecule has 3 fully saturated rings. The first kappa shape index (κ1) is 31.3. The second-order valence-electron chi connectivity index (χ2n) is 10.6. The summed E-state index contributed by atoms with van der Waals surface area (Å²) in [4.78, 5) is 23.9. The fraction of sp³-hybridized carbons (Fsp3) is 0.733. The fourth-order valence-electron chi connectivity index (χ4n) is 5.32. The molecule has 1 saturated carbocycles. The van der Waals surface area contributed by atoms with Gasteiger partial charge in [-0.2, -0.15) is 11.8 Å². The lowest BCUT2D eigenvalue weighted by molar-refractivity contribution is -0.226. The lowest BCUT2D eigenvalue weighted by Gasteiger charge is -2.32. The Morgan fingerprint density at radius 1 is 1.00 bits per heavy atom. The molecule has 4 rings (SSSR count). The molecule has 0 radical (unpaired) electrons. The summed E-state index contributed by atoms with van der Waals surface area (Å²) in [6.45, 7) is 1.89. The normalized spacial score (nSPS) is 27.9. The summed E-state index contributed by atoms with van der Waals surface area (Å²) in [5, 5.41) is 8.86. The zero-order valence-electron chi connectivity index (χ0n) is 23.3. The number of ether oxygens (including phenoxy) is 6. The Kier molecular flexibility index (Phi) is 13.5. The molecule has 40 heavy (non-hydrogen) atoms. The molecular weight excluding hydrogens is 536 g/mol. The first-order chi connectivity index (χ1) is 19.6. The lowest BCUT2D eigenvalue weighted by atomic mass is 10.0. The molecule has 3 aliphatic rings. The highest BCUT2D eigenvalue weighted by atomic mass is 32.2. The summed E-state index contributed by atoms with van der Waals surface area (Å²) in [6.07, 6.45) is 5.76. The number of carboxylic acid groups (broad SMARTS) is 1. The summed E-state index contributed by atoms with van der Waals surface area (Å²) in [7, 11) is 0. The molecule has 2 saturated heterocycles. The van der Waals surface area contributed by atoms with Gasteiger partial charge < -0.3 is 33.5 Å². The first-order valence-corrected chi connectivity index (χ1v) is 15.9. The van der Waals surface area contributed by atoms with Crippen molar-refractivity contribution in [1.29, 1.82) is 0 Å². The average Bonchev–Trinajstić information content (AvgIpc) is 3.26. The van der Waals surface area contributed by atoms with Gasteiger partial charge in [0.25, 0.3) is 0 Å². The predicted molar refractivity (Wildman–Crippen MR) is 151 cm³/mol. The van der Waals surface area contributed by atoms with Crippen LogP contribution in [0.4, 0.5) is 0 Å². The van der Waals surface area contributed by atoms with Gasteiger partial charge in [-0.15, -0.1) is 0 Å². The molecule has 1 aromatic carbocycles. The lowest BCUT2D eigenvalue weighted by Crippen LogP contribution is -2.40. The summed E-state index contributed by atoms with van der Waals surface area (Å²) in [6, 6.07) is 9.61. The molecule has 1 N–H and O–H groups in total. The quantitative estimate of drug-likeness (QED) is 0.257. The molecule has 0 amide bonds. The standard InChI is InChI=1S/C30H44O9S/c31-25-19-26(39-29-13-5-7-16-35-29)30(24(25)14-18-40-17-8-11-27(32)33)37-21-23(38-28-12-4-6-15-34-28)20-36-22-9-2-1-3-10-22/h1-3,9-10,23-24,26,28-30H,4-8,11-21H2,(H,32,33). The number of rotatable bonds is 17. The van der Waals surface area contributed by atoms with E-state index in [2.05, 4.69) is 0 Å². The Hall–Kier alpha value is -1.69. The Labute approximate surface area is 241 Å². The van der Waals surface area contributed by atoms with Gasteiger partial charge in [0.05, 0.1) is 18.8 Å². The van der Waals surface area contributed by atoms with E-state index in [1.807, 2.05) is 30.3 Å². The number of hydrogen-bond acceptors (Lipinski definition) is 9. The largest absolute Gasteiger partial charge is 0.491 e. The molecule has 1 aliphatic carbocycles. The van der Waals surface area contributed by atoms with E-state index in [4.69, 9.17) is 33.5 Å². The van der Waals surface area contributed by atoms with Gasteiger partial charge in [-0.25, -0.2) is 0 Å². The minimum absolute atomic E-state index is 0.144. The van der Waals surface area contributed by atoms with Gasteiger partial charge in [0.1, 0.15) is 24.2 Å². The van der Waals surface area contributed by atoms with Crippen molar-refractivity contribution in [2.24, 2.45) is 5.92 Å². The maximum absolute atomic E-state index is 13.2. The summed E-state index contributed by atoms with van der Waals surface area (Å²) >= 11 is 1.68. The SMILES string of the molecule is O=C(O)CCCSCCC1C(=O)CC(OC2CCCCO2)C1OCC(COc1ccccc1)OC1CCCCO1. The Morgan fingerprint density at radius 3 is 2.45 bits per heavy atom. The second kappa shape index (κ2) is 17.3. The molecule has 10 heteroatoms. The molecule has 1 aromatic rings. The summed E-state index contributed by atoms with van der Waals surface area (Å²) < 4.78 is 36.8. The summed E-state index contributed by atoms with van der Waals surface area (Å²) in [5.41, 5.74) is 0. The van der Waals surface area contributed by atoms with E-state index in [-0.39, 0.29) is 49.5 Å². The van der Waals surface area contributed by atoms with E-state index in [0.717, 1.165) is 55.8 Å². The highest BCUT2D eigenvalue weighted by Gasteiger charge is 2.45. The van der Waals surface area contributed by atoms with Crippen LogP contribution in [0, 0.1) is 5.92 Å². The molecule has 224 valence electrons. The number of para-hydroxylation sites is 1. The molecule has 2 aliphatic heterocycles. The highest BCUT2D eigenvalue weighted by molar-refractivity contribution is 7.99. The number of carbonyl (C=O) groups is 2. The minimum Gasteiger partial charge on any atom is -0.491 e. The van der Waals surface area contributed by atoms with Gasteiger partial charge in [0.15, 0.2) is 12.6 Å². The van der Waals surface area contributed by atoms with Crippen molar-refractivity contribution in [1.82, 2.24) is 0 Å². The second-order valence-corrected chi connectivity index (χ2v) is 11.8.